The molecular formula is C18H17N5O3. The Hall–Kier alpha value is -3.68. The van der Waals surface area contributed by atoms with Gasteiger partial charge in [0.1, 0.15) is 11.3 Å². The van der Waals surface area contributed by atoms with E-state index in [0.717, 1.165) is 5.69 Å². The number of rotatable bonds is 6. The third-order valence-electron chi connectivity index (χ3n) is 3.72. The lowest BCUT2D eigenvalue weighted by Gasteiger charge is -2.09. The molecule has 3 N–H and O–H groups in total. The number of pyridine rings is 2. The molecule has 8 nitrogen and oxygen atoms in total. The predicted octanol–water partition coefficient (Wildman–Crippen LogP) is 3.38. The van der Waals surface area contributed by atoms with Crippen LogP contribution in [-0.2, 0) is 0 Å². The summed E-state index contributed by atoms with van der Waals surface area (Å²) in [7, 11) is 2.98. The lowest BCUT2D eigenvalue weighted by Crippen LogP contribution is -2.12. The minimum Gasteiger partial charge on any atom is -0.491 e. The van der Waals surface area contributed by atoms with Gasteiger partial charge in [-0.2, -0.15) is 10.1 Å². The van der Waals surface area contributed by atoms with Crippen LogP contribution in [0.25, 0.3) is 16.7 Å². The van der Waals surface area contributed by atoms with E-state index < -0.39 is 5.56 Å². The van der Waals surface area contributed by atoms with E-state index in [-0.39, 0.29) is 17.1 Å². The molecule has 0 amide bonds. The molecule has 8 heteroatoms. The SMILES string of the molecule is COc1cc2cc(/C(=C/Nc3ccccc3)N=N)c(=O)[nH]c2nc1OC. The largest absolute Gasteiger partial charge is 0.491 e. The number of hydrogen-bond acceptors (Lipinski definition) is 7. The number of nitrogens with one attached hydrogen (secondary N) is 3. The monoisotopic (exact) mass is 351 g/mol. The van der Waals surface area contributed by atoms with Crippen LogP contribution in [0.5, 0.6) is 11.6 Å². The van der Waals surface area contributed by atoms with Gasteiger partial charge >= 0.3 is 0 Å². The zero-order chi connectivity index (χ0) is 18.5. The second kappa shape index (κ2) is 7.47. The Morgan fingerprint density at radius 2 is 2.00 bits per heavy atom. The van der Waals surface area contributed by atoms with Crippen LogP contribution in [0.2, 0.25) is 0 Å². The number of hydrogen-bond donors (Lipinski definition) is 3. The van der Waals surface area contributed by atoms with Crippen LogP contribution in [0.3, 0.4) is 0 Å². The van der Waals surface area contributed by atoms with Crippen LogP contribution in [0.4, 0.5) is 5.69 Å². The van der Waals surface area contributed by atoms with Crippen molar-refractivity contribution in [2.24, 2.45) is 5.11 Å². The highest BCUT2D eigenvalue weighted by atomic mass is 16.5. The molecule has 0 aliphatic carbocycles. The van der Waals surface area contributed by atoms with Crippen molar-refractivity contribution in [1.29, 1.82) is 5.53 Å². The highest BCUT2D eigenvalue weighted by molar-refractivity contribution is 5.82. The van der Waals surface area contributed by atoms with Gasteiger partial charge in [0, 0.05) is 17.3 Å². The van der Waals surface area contributed by atoms with Gasteiger partial charge in [0.2, 0.25) is 0 Å². The number of aromatic amines is 1. The molecule has 0 aliphatic rings. The Kier molecular flexibility index (Phi) is 4.93. The van der Waals surface area contributed by atoms with E-state index in [9.17, 15) is 4.79 Å². The summed E-state index contributed by atoms with van der Waals surface area (Å²) in [5, 5.41) is 7.12. The van der Waals surface area contributed by atoms with Crippen molar-refractivity contribution in [3.8, 4) is 11.6 Å². The van der Waals surface area contributed by atoms with E-state index in [2.05, 4.69) is 20.4 Å². The fraction of sp³-hybridized carbons (Fsp3) is 0.111. The van der Waals surface area contributed by atoms with E-state index >= 15 is 0 Å². The first-order valence-electron chi connectivity index (χ1n) is 7.72. The molecule has 0 atom stereocenters. The third kappa shape index (κ3) is 3.39. The summed E-state index contributed by atoms with van der Waals surface area (Å²) in [5.41, 5.74) is 8.61. The van der Waals surface area contributed by atoms with E-state index in [4.69, 9.17) is 15.0 Å². The molecule has 0 unspecified atom stereocenters. The summed E-state index contributed by atoms with van der Waals surface area (Å²) in [6, 6.07) is 12.7. The maximum Gasteiger partial charge on any atom is 0.259 e. The predicted molar refractivity (Wildman–Crippen MR) is 98.7 cm³/mol. The number of benzene rings is 1. The summed E-state index contributed by atoms with van der Waals surface area (Å²) in [6.45, 7) is 0. The Balaban J connectivity index is 2.06. The quantitative estimate of drug-likeness (QED) is 0.589. The van der Waals surface area contributed by atoms with Gasteiger partial charge in [0.15, 0.2) is 5.75 Å². The minimum atomic E-state index is -0.408. The molecule has 1 aromatic carbocycles. The van der Waals surface area contributed by atoms with Crippen molar-refractivity contribution in [2.75, 3.05) is 19.5 Å². The van der Waals surface area contributed by atoms with Crippen molar-refractivity contribution in [3.63, 3.8) is 0 Å². The number of aromatic nitrogens is 2. The maximum atomic E-state index is 12.4. The molecule has 132 valence electrons. The van der Waals surface area contributed by atoms with Gasteiger partial charge in [-0.25, -0.2) is 5.53 Å². The van der Waals surface area contributed by atoms with Gasteiger partial charge in [0.25, 0.3) is 11.4 Å². The standard InChI is InChI=1S/C18H17N5O3/c1-25-15-9-11-8-13(17(24)21-16(11)22-18(15)26-2)14(23-19)10-20-12-6-4-3-5-7-12/h3-10,19-20H,1-2H3,(H,21,22,24)/b14-10-,23-19?. The number of H-pyrrole nitrogens is 1. The first kappa shape index (κ1) is 17.2. The molecule has 0 saturated carbocycles. The average Bonchev–Trinajstić information content (AvgIpc) is 2.68. The molecule has 0 aliphatic heterocycles. The van der Waals surface area contributed by atoms with Crippen molar-refractivity contribution < 1.29 is 9.47 Å². The van der Waals surface area contributed by atoms with Crippen LogP contribution < -0.4 is 20.3 Å². The first-order valence-corrected chi connectivity index (χ1v) is 7.72. The normalized spacial score (nSPS) is 11.2. The smallest absolute Gasteiger partial charge is 0.259 e. The molecule has 0 fully saturated rings. The molecule has 0 bridgehead atoms. The summed E-state index contributed by atoms with van der Waals surface area (Å²) in [5.74, 6) is 0.712. The number of methoxy groups -OCH3 is 2. The van der Waals surface area contributed by atoms with E-state index in [1.807, 2.05) is 30.3 Å². The van der Waals surface area contributed by atoms with Crippen LogP contribution in [0.1, 0.15) is 5.56 Å². The topological polar surface area (TPSA) is 112 Å². The maximum absolute atomic E-state index is 12.4. The summed E-state index contributed by atoms with van der Waals surface area (Å²) < 4.78 is 10.4. The number of para-hydroxylation sites is 1. The van der Waals surface area contributed by atoms with Crippen molar-refractivity contribution in [3.05, 3.63) is 64.6 Å². The molecule has 26 heavy (non-hydrogen) atoms. The van der Waals surface area contributed by atoms with Gasteiger partial charge in [-0.1, -0.05) is 18.2 Å². The lowest BCUT2D eigenvalue weighted by atomic mass is 10.1. The van der Waals surface area contributed by atoms with Crippen molar-refractivity contribution in [2.45, 2.75) is 0 Å². The van der Waals surface area contributed by atoms with Crippen LogP contribution in [-0.4, -0.2) is 24.2 Å². The highest BCUT2D eigenvalue weighted by Gasteiger charge is 2.13. The number of anilines is 1. The zero-order valence-corrected chi connectivity index (χ0v) is 14.2. The fourth-order valence-electron chi connectivity index (χ4n) is 2.44. The second-order valence-corrected chi connectivity index (χ2v) is 5.30. The average molecular weight is 351 g/mol. The van der Waals surface area contributed by atoms with Crippen molar-refractivity contribution in [1.82, 2.24) is 9.97 Å². The Bertz CT molecular complexity index is 1030. The lowest BCUT2D eigenvalue weighted by molar-refractivity contribution is 0.344. The molecule has 3 rings (SSSR count). The van der Waals surface area contributed by atoms with Gasteiger partial charge < -0.3 is 19.8 Å². The van der Waals surface area contributed by atoms with E-state index in [1.165, 1.54) is 20.4 Å². The number of fused-ring (bicyclic) bond motifs is 1. The first-order chi connectivity index (χ1) is 12.7. The summed E-state index contributed by atoms with van der Waals surface area (Å²) in [4.78, 5) is 19.3. The van der Waals surface area contributed by atoms with Crippen LogP contribution >= 0.6 is 0 Å². The van der Waals surface area contributed by atoms with E-state index in [0.29, 0.717) is 16.8 Å². The zero-order valence-electron chi connectivity index (χ0n) is 14.2. The number of ether oxygens (including phenoxy) is 2. The Morgan fingerprint density at radius 3 is 2.65 bits per heavy atom. The minimum absolute atomic E-state index is 0.187. The molecular weight excluding hydrogens is 334 g/mol. The Morgan fingerprint density at radius 1 is 1.23 bits per heavy atom. The second-order valence-electron chi connectivity index (χ2n) is 5.30. The van der Waals surface area contributed by atoms with Crippen molar-refractivity contribution >= 4 is 22.4 Å². The van der Waals surface area contributed by atoms with Gasteiger partial charge in [-0.05, 0) is 24.3 Å². The summed E-state index contributed by atoms with van der Waals surface area (Å²) >= 11 is 0. The molecule has 0 radical (unpaired) electrons. The van der Waals surface area contributed by atoms with E-state index in [1.54, 1.807) is 12.1 Å². The highest BCUT2D eigenvalue weighted by Crippen LogP contribution is 2.28. The summed E-state index contributed by atoms with van der Waals surface area (Å²) in [6.07, 6.45) is 1.51. The number of nitrogens with zero attached hydrogens (tertiary/aromatic N) is 2. The van der Waals surface area contributed by atoms with Crippen LogP contribution in [0, 0.1) is 5.53 Å². The van der Waals surface area contributed by atoms with Gasteiger partial charge in [-0.3, -0.25) is 4.79 Å². The van der Waals surface area contributed by atoms with Gasteiger partial charge in [-0.15, -0.1) is 0 Å². The molecule has 3 aromatic rings. The molecule has 2 aromatic heterocycles. The fourth-order valence-corrected chi connectivity index (χ4v) is 2.44. The molecule has 0 spiro atoms. The molecule has 2 heterocycles. The van der Waals surface area contributed by atoms with Crippen LogP contribution in [0.15, 0.2) is 58.6 Å². The molecule has 0 saturated heterocycles. The third-order valence-corrected chi connectivity index (χ3v) is 3.72. The Labute approximate surface area is 149 Å². The van der Waals surface area contributed by atoms with Gasteiger partial charge in [0.05, 0.1) is 19.8 Å².